The van der Waals surface area contributed by atoms with E-state index in [4.69, 9.17) is 0 Å². The van der Waals surface area contributed by atoms with Crippen molar-refractivity contribution in [2.45, 2.75) is 25.3 Å². The molecule has 0 bridgehead atoms. The summed E-state index contributed by atoms with van der Waals surface area (Å²) in [5.74, 6) is -0.395. The Morgan fingerprint density at radius 1 is 1.26 bits per heavy atom. The summed E-state index contributed by atoms with van der Waals surface area (Å²) in [7, 11) is 3.40. The molecule has 3 rings (SSSR count). The van der Waals surface area contributed by atoms with Crippen LogP contribution in [0.15, 0.2) is 35.7 Å². The van der Waals surface area contributed by atoms with Gasteiger partial charge in [0.1, 0.15) is 6.04 Å². The minimum atomic E-state index is -0.386. The van der Waals surface area contributed by atoms with E-state index < -0.39 is 0 Å². The Morgan fingerprint density at radius 2 is 2.00 bits per heavy atom. The second kappa shape index (κ2) is 8.30. The Balaban J connectivity index is 1.61. The Bertz CT molecular complexity index is 834. The van der Waals surface area contributed by atoms with Gasteiger partial charge in [0.05, 0.1) is 12.1 Å². The number of rotatable bonds is 5. The molecule has 1 unspecified atom stereocenters. The van der Waals surface area contributed by atoms with E-state index in [-0.39, 0.29) is 30.2 Å². The summed E-state index contributed by atoms with van der Waals surface area (Å²) < 4.78 is 0. The lowest BCUT2D eigenvalue weighted by Crippen LogP contribution is -2.46. The number of likely N-dealkylation sites (tertiary alicyclic amines) is 1. The summed E-state index contributed by atoms with van der Waals surface area (Å²) in [6.07, 6.45) is 1.64. The number of hydrogen-bond donors (Lipinski definition) is 1. The highest BCUT2D eigenvalue weighted by Crippen LogP contribution is 2.22. The first-order valence-electron chi connectivity index (χ1n) is 8.77. The maximum Gasteiger partial charge on any atom is 0.257 e. The number of aromatic nitrogens is 1. The van der Waals surface area contributed by atoms with Gasteiger partial charge in [-0.05, 0) is 25.0 Å². The number of nitrogens with one attached hydrogen (secondary N) is 1. The third-order valence-electron chi connectivity index (χ3n) is 4.44. The average Bonchev–Trinajstić information content (AvgIpc) is 3.31. The van der Waals surface area contributed by atoms with Crippen LogP contribution in [-0.4, -0.2) is 59.2 Å². The lowest BCUT2D eigenvalue weighted by atomic mass is 10.2. The van der Waals surface area contributed by atoms with Crippen LogP contribution < -0.4 is 5.32 Å². The first kappa shape index (κ1) is 19.0. The van der Waals surface area contributed by atoms with Crippen LogP contribution in [0.4, 0.5) is 5.13 Å². The van der Waals surface area contributed by atoms with Crippen molar-refractivity contribution in [2.24, 2.45) is 0 Å². The topological polar surface area (TPSA) is 82.6 Å². The highest BCUT2D eigenvalue weighted by atomic mass is 32.1. The molecule has 1 fully saturated rings. The van der Waals surface area contributed by atoms with E-state index in [1.807, 2.05) is 6.07 Å². The molecule has 1 atom stereocenters. The van der Waals surface area contributed by atoms with Crippen LogP contribution >= 0.6 is 11.3 Å². The largest absolute Gasteiger partial charge is 0.347 e. The Morgan fingerprint density at radius 3 is 2.70 bits per heavy atom. The zero-order valence-corrected chi connectivity index (χ0v) is 16.2. The normalized spacial score (nSPS) is 16.2. The lowest BCUT2D eigenvalue weighted by Gasteiger charge is -2.26. The molecule has 0 saturated carbocycles. The molecular weight excluding hydrogens is 364 g/mol. The quantitative estimate of drug-likeness (QED) is 0.852. The Kier molecular flexibility index (Phi) is 5.85. The molecule has 1 aromatic heterocycles. The molecule has 0 aliphatic carbocycles. The van der Waals surface area contributed by atoms with Gasteiger partial charge in [0.15, 0.2) is 5.13 Å². The average molecular weight is 386 g/mol. The highest BCUT2D eigenvalue weighted by molar-refractivity contribution is 7.14. The monoisotopic (exact) mass is 386 g/mol. The first-order chi connectivity index (χ1) is 13.0. The van der Waals surface area contributed by atoms with Gasteiger partial charge in [-0.2, -0.15) is 0 Å². The summed E-state index contributed by atoms with van der Waals surface area (Å²) in [6.45, 7) is 0.588. The third kappa shape index (κ3) is 4.51. The molecule has 142 valence electrons. The van der Waals surface area contributed by atoms with Crippen LogP contribution in [0.1, 0.15) is 28.9 Å². The predicted octanol–water partition coefficient (Wildman–Crippen LogP) is 2.02. The minimum Gasteiger partial charge on any atom is -0.347 e. The SMILES string of the molecule is CN(C)C(=O)C1CCCN1C(=O)Cc1csc(NC(=O)c2ccccc2)n1. The molecule has 2 heterocycles. The number of carbonyl (C=O) groups is 3. The maximum atomic E-state index is 12.6. The molecule has 1 aliphatic heterocycles. The zero-order chi connectivity index (χ0) is 19.4. The molecule has 27 heavy (non-hydrogen) atoms. The van der Waals surface area contributed by atoms with Crippen LogP contribution in [-0.2, 0) is 16.0 Å². The van der Waals surface area contributed by atoms with E-state index in [9.17, 15) is 14.4 Å². The Labute approximate surface area is 162 Å². The summed E-state index contributed by atoms with van der Waals surface area (Å²) in [4.78, 5) is 44.6. The van der Waals surface area contributed by atoms with Crippen molar-refractivity contribution in [1.82, 2.24) is 14.8 Å². The Hall–Kier alpha value is -2.74. The molecular formula is C19H22N4O3S. The van der Waals surface area contributed by atoms with Crippen molar-refractivity contribution in [2.75, 3.05) is 26.0 Å². The fourth-order valence-corrected chi connectivity index (χ4v) is 3.79. The maximum absolute atomic E-state index is 12.6. The number of amides is 3. The third-order valence-corrected chi connectivity index (χ3v) is 5.25. The molecule has 1 aliphatic rings. The van der Waals surface area contributed by atoms with Crippen molar-refractivity contribution < 1.29 is 14.4 Å². The fraction of sp³-hybridized carbons (Fsp3) is 0.368. The minimum absolute atomic E-state index is 0.0464. The summed E-state index contributed by atoms with van der Waals surface area (Å²) in [5, 5.41) is 4.96. The molecule has 0 radical (unpaired) electrons. The van der Waals surface area contributed by atoms with Crippen molar-refractivity contribution >= 4 is 34.2 Å². The van der Waals surface area contributed by atoms with Gasteiger partial charge in [0.2, 0.25) is 11.8 Å². The predicted molar refractivity (Wildman–Crippen MR) is 104 cm³/mol. The van der Waals surface area contributed by atoms with Crippen LogP contribution in [0.3, 0.4) is 0 Å². The number of thiazole rings is 1. The number of likely N-dealkylation sites (N-methyl/N-ethyl adjacent to an activating group) is 1. The van der Waals surface area contributed by atoms with E-state index in [0.717, 1.165) is 6.42 Å². The van der Waals surface area contributed by atoms with E-state index in [1.165, 1.54) is 16.2 Å². The van der Waals surface area contributed by atoms with Gasteiger partial charge in [-0.3, -0.25) is 19.7 Å². The van der Waals surface area contributed by atoms with Crippen LogP contribution in [0.25, 0.3) is 0 Å². The van der Waals surface area contributed by atoms with Crippen molar-refractivity contribution in [3.63, 3.8) is 0 Å². The van der Waals surface area contributed by atoms with Gasteiger partial charge in [0, 0.05) is 31.6 Å². The first-order valence-corrected chi connectivity index (χ1v) is 9.65. The zero-order valence-electron chi connectivity index (χ0n) is 15.3. The number of anilines is 1. The van der Waals surface area contributed by atoms with E-state index in [1.54, 1.807) is 48.6 Å². The van der Waals surface area contributed by atoms with Gasteiger partial charge in [-0.15, -0.1) is 11.3 Å². The van der Waals surface area contributed by atoms with E-state index in [2.05, 4.69) is 10.3 Å². The van der Waals surface area contributed by atoms with Gasteiger partial charge < -0.3 is 9.80 Å². The van der Waals surface area contributed by atoms with Crippen molar-refractivity contribution in [3.05, 3.63) is 47.0 Å². The molecule has 1 aromatic carbocycles. The van der Waals surface area contributed by atoms with E-state index in [0.29, 0.717) is 29.4 Å². The van der Waals surface area contributed by atoms with Gasteiger partial charge in [-0.25, -0.2) is 4.98 Å². The summed E-state index contributed by atoms with van der Waals surface area (Å²) in [6, 6.07) is 8.50. The standard InChI is InChI=1S/C19H22N4O3S/c1-22(2)18(26)15-9-6-10-23(15)16(24)11-14-12-27-19(20-14)21-17(25)13-7-4-3-5-8-13/h3-5,7-8,12,15H,6,9-11H2,1-2H3,(H,20,21,25). The van der Waals surface area contributed by atoms with E-state index >= 15 is 0 Å². The number of benzene rings is 1. The lowest BCUT2D eigenvalue weighted by molar-refractivity contribution is -0.141. The van der Waals surface area contributed by atoms with Crippen LogP contribution in [0.5, 0.6) is 0 Å². The smallest absolute Gasteiger partial charge is 0.257 e. The molecule has 2 aromatic rings. The van der Waals surface area contributed by atoms with Crippen molar-refractivity contribution in [1.29, 1.82) is 0 Å². The van der Waals surface area contributed by atoms with Gasteiger partial charge in [0.25, 0.3) is 5.91 Å². The molecule has 1 saturated heterocycles. The molecule has 3 amide bonds. The number of carbonyl (C=O) groups excluding carboxylic acids is 3. The molecule has 7 nitrogen and oxygen atoms in total. The van der Waals surface area contributed by atoms with Crippen molar-refractivity contribution in [3.8, 4) is 0 Å². The second-order valence-electron chi connectivity index (χ2n) is 6.62. The molecule has 1 N–H and O–H groups in total. The number of hydrogen-bond acceptors (Lipinski definition) is 5. The number of nitrogens with zero attached hydrogens (tertiary/aromatic N) is 3. The van der Waals surface area contributed by atoms with Crippen LogP contribution in [0, 0.1) is 0 Å². The fourth-order valence-electron chi connectivity index (χ4n) is 3.08. The summed E-state index contributed by atoms with van der Waals surface area (Å²) >= 11 is 1.28. The summed E-state index contributed by atoms with van der Waals surface area (Å²) in [5.41, 5.74) is 1.14. The molecule has 0 spiro atoms. The van der Waals surface area contributed by atoms with Crippen LogP contribution in [0.2, 0.25) is 0 Å². The van der Waals surface area contributed by atoms with Gasteiger partial charge >= 0.3 is 0 Å². The van der Waals surface area contributed by atoms with Gasteiger partial charge in [-0.1, -0.05) is 18.2 Å². The highest BCUT2D eigenvalue weighted by Gasteiger charge is 2.34. The second-order valence-corrected chi connectivity index (χ2v) is 7.48. The molecule has 8 heteroatoms.